The molecule has 2 atom stereocenters. The summed E-state index contributed by atoms with van der Waals surface area (Å²) in [6.07, 6.45) is -3.26. The molecular weight excluding hydrogens is 339 g/mol. The number of alkyl halides is 3. The second-order valence-corrected chi connectivity index (χ2v) is 6.01. The quantitative estimate of drug-likeness (QED) is 0.867. The third kappa shape index (κ3) is 5.27. The molecule has 138 valence electrons. The van der Waals surface area contributed by atoms with Gasteiger partial charge in [-0.15, -0.1) is 0 Å². The lowest BCUT2D eigenvalue weighted by Crippen LogP contribution is -2.50. The van der Waals surface area contributed by atoms with E-state index in [2.05, 4.69) is 5.32 Å². The normalized spacial score (nSPS) is 20.9. The fourth-order valence-corrected chi connectivity index (χ4v) is 2.66. The van der Waals surface area contributed by atoms with Crippen molar-refractivity contribution < 1.29 is 27.5 Å². The van der Waals surface area contributed by atoms with Crippen molar-refractivity contribution in [1.29, 1.82) is 0 Å². The van der Waals surface area contributed by atoms with Gasteiger partial charge in [0.25, 0.3) is 0 Å². The van der Waals surface area contributed by atoms with E-state index in [1.165, 1.54) is 23.1 Å². The van der Waals surface area contributed by atoms with E-state index in [9.17, 15) is 22.8 Å². The summed E-state index contributed by atoms with van der Waals surface area (Å²) < 4.78 is 41.7. The molecule has 1 fully saturated rings. The molecule has 9 heteroatoms. The first-order chi connectivity index (χ1) is 11.7. The molecule has 1 aliphatic rings. The number of para-hydroxylation sites is 2. The number of carbonyl (C=O) groups is 2. The van der Waals surface area contributed by atoms with Gasteiger partial charge in [0.15, 0.2) is 6.61 Å². The van der Waals surface area contributed by atoms with Gasteiger partial charge in [0.2, 0.25) is 5.91 Å². The standard InChI is InChI=1S/C16H20F3N3O3/c1-10-6-7-11(14(20)23)8-22(10)15(24)21-12-4-2-3-5-13(12)25-9-16(17,18)19/h2-5,10-11H,6-9H2,1H3,(H2,20,23)(H,21,24)/t10-,11-/m1/s1. The summed E-state index contributed by atoms with van der Waals surface area (Å²) in [5.41, 5.74) is 5.44. The molecule has 0 radical (unpaired) electrons. The molecular formula is C16H20F3N3O3. The minimum atomic E-state index is -4.48. The maximum Gasteiger partial charge on any atom is 0.422 e. The van der Waals surface area contributed by atoms with Crippen LogP contribution in [0.5, 0.6) is 5.75 Å². The second kappa shape index (κ2) is 7.62. The fraction of sp³-hybridized carbons (Fsp3) is 0.500. The molecule has 1 aromatic rings. The molecule has 0 unspecified atom stereocenters. The molecule has 0 aromatic heterocycles. The van der Waals surface area contributed by atoms with Gasteiger partial charge >= 0.3 is 12.2 Å². The van der Waals surface area contributed by atoms with Crippen molar-refractivity contribution in [2.24, 2.45) is 11.7 Å². The average Bonchev–Trinajstić information content (AvgIpc) is 2.53. The fourth-order valence-electron chi connectivity index (χ4n) is 2.66. The van der Waals surface area contributed by atoms with Crippen LogP contribution in [0.15, 0.2) is 24.3 Å². The van der Waals surface area contributed by atoms with E-state index in [0.717, 1.165) is 0 Å². The summed E-state index contributed by atoms with van der Waals surface area (Å²) in [6, 6.07) is 5.24. The lowest BCUT2D eigenvalue weighted by atomic mass is 9.93. The zero-order valence-corrected chi connectivity index (χ0v) is 13.7. The Morgan fingerprint density at radius 3 is 2.64 bits per heavy atom. The van der Waals surface area contributed by atoms with E-state index in [1.807, 2.05) is 6.92 Å². The summed E-state index contributed by atoms with van der Waals surface area (Å²) in [6.45, 7) is 0.556. The first-order valence-electron chi connectivity index (χ1n) is 7.83. The van der Waals surface area contributed by atoms with Crippen LogP contribution in [0.25, 0.3) is 0 Å². The summed E-state index contributed by atoms with van der Waals surface area (Å²) in [5.74, 6) is -0.985. The molecule has 1 aromatic carbocycles. The van der Waals surface area contributed by atoms with Crippen LogP contribution in [0.3, 0.4) is 0 Å². The highest BCUT2D eigenvalue weighted by atomic mass is 19.4. The van der Waals surface area contributed by atoms with Crippen LogP contribution in [-0.4, -0.2) is 42.2 Å². The lowest BCUT2D eigenvalue weighted by Gasteiger charge is -2.36. The predicted molar refractivity (Wildman–Crippen MR) is 85.1 cm³/mol. The summed E-state index contributed by atoms with van der Waals surface area (Å²) in [4.78, 5) is 25.3. The number of likely N-dealkylation sites (tertiary alicyclic amines) is 1. The van der Waals surface area contributed by atoms with Gasteiger partial charge in [-0.3, -0.25) is 4.79 Å². The number of hydrogen-bond donors (Lipinski definition) is 2. The topological polar surface area (TPSA) is 84.7 Å². The number of amides is 3. The Bertz CT molecular complexity index is 637. The summed E-state index contributed by atoms with van der Waals surface area (Å²) >= 11 is 0. The Morgan fingerprint density at radius 2 is 2.00 bits per heavy atom. The Morgan fingerprint density at radius 1 is 1.32 bits per heavy atom. The molecule has 2 rings (SSSR count). The molecule has 25 heavy (non-hydrogen) atoms. The number of rotatable bonds is 4. The Hall–Kier alpha value is -2.45. The number of ether oxygens (including phenoxy) is 1. The van der Waals surface area contributed by atoms with Gasteiger partial charge in [0.05, 0.1) is 11.6 Å². The monoisotopic (exact) mass is 359 g/mol. The number of carbonyl (C=O) groups excluding carboxylic acids is 2. The molecule has 0 bridgehead atoms. The van der Waals surface area contributed by atoms with E-state index in [0.29, 0.717) is 12.8 Å². The number of halogens is 3. The third-order valence-electron chi connectivity index (χ3n) is 4.07. The van der Waals surface area contributed by atoms with Crippen LogP contribution in [0, 0.1) is 5.92 Å². The minimum Gasteiger partial charge on any atom is -0.482 e. The highest BCUT2D eigenvalue weighted by molar-refractivity contribution is 5.91. The van der Waals surface area contributed by atoms with Crippen molar-refractivity contribution in [2.75, 3.05) is 18.5 Å². The van der Waals surface area contributed by atoms with E-state index in [1.54, 1.807) is 6.07 Å². The number of benzene rings is 1. The maximum absolute atomic E-state index is 12.5. The number of piperidine rings is 1. The Balaban J connectivity index is 2.08. The van der Waals surface area contributed by atoms with Gasteiger partial charge in [0, 0.05) is 12.6 Å². The molecule has 1 aliphatic heterocycles. The molecule has 3 amide bonds. The van der Waals surface area contributed by atoms with Crippen LogP contribution < -0.4 is 15.8 Å². The highest BCUT2D eigenvalue weighted by Gasteiger charge is 2.32. The third-order valence-corrected chi connectivity index (χ3v) is 4.07. The van der Waals surface area contributed by atoms with Gasteiger partial charge in [-0.05, 0) is 31.9 Å². The van der Waals surface area contributed by atoms with E-state index < -0.39 is 30.6 Å². The van der Waals surface area contributed by atoms with Crippen LogP contribution in [0.4, 0.5) is 23.7 Å². The minimum absolute atomic E-state index is 0.0794. The van der Waals surface area contributed by atoms with Crippen LogP contribution in [-0.2, 0) is 4.79 Å². The summed E-state index contributed by atoms with van der Waals surface area (Å²) in [5, 5.41) is 2.55. The number of nitrogens with zero attached hydrogens (tertiary/aromatic N) is 1. The molecule has 3 N–H and O–H groups in total. The van der Waals surface area contributed by atoms with Gasteiger partial charge in [-0.25, -0.2) is 4.79 Å². The van der Waals surface area contributed by atoms with Crippen LogP contribution in [0.1, 0.15) is 19.8 Å². The number of urea groups is 1. The Kier molecular flexibility index (Phi) is 5.76. The second-order valence-electron chi connectivity index (χ2n) is 6.01. The van der Waals surface area contributed by atoms with Crippen molar-refractivity contribution in [3.8, 4) is 5.75 Å². The molecule has 6 nitrogen and oxygen atoms in total. The highest BCUT2D eigenvalue weighted by Crippen LogP contribution is 2.28. The molecule has 1 saturated heterocycles. The van der Waals surface area contributed by atoms with Gasteiger partial charge in [-0.1, -0.05) is 12.1 Å². The van der Waals surface area contributed by atoms with Gasteiger partial charge in [0.1, 0.15) is 5.75 Å². The number of nitrogens with two attached hydrogens (primary N) is 1. The number of nitrogens with one attached hydrogen (secondary N) is 1. The SMILES string of the molecule is C[C@@H]1CC[C@@H](C(N)=O)CN1C(=O)Nc1ccccc1OCC(F)(F)F. The van der Waals surface area contributed by atoms with Gasteiger partial charge in [-0.2, -0.15) is 13.2 Å². The average molecular weight is 359 g/mol. The Labute approximate surface area is 143 Å². The predicted octanol–water partition coefficient (Wildman–Crippen LogP) is 2.75. The molecule has 0 spiro atoms. The van der Waals surface area contributed by atoms with Crippen molar-refractivity contribution in [2.45, 2.75) is 32.0 Å². The molecule has 0 saturated carbocycles. The van der Waals surface area contributed by atoms with Crippen molar-refractivity contribution in [3.63, 3.8) is 0 Å². The zero-order chi connectivity index (χ0) is 18.6. The largest absolute Gasteiger partial charge is 0.482 e. The number of primary amides is 1. The van der Waals surface area contributed by atoms with E-state index >= 15 is 0 Å². The first-order valence-corrected chi connectivity index (χ1v) is 7.83. The number of hydrogen-bond acceptors (Lipinski definition) is 3. The molecule has 1 heterocycles. The lowest BCUT2D eigenvalue weighted by molar-refractivity contribution is -0.153. The first kappa shape index (κ1) is 18.9. The van der Waals surface area contributed by atoms with E-state index in [4.69, 9.17) is 10.5 Å². The molecule has 0 aliphatic carbocycles. The number of anilines is 1. The van der Waals surface area contributed by atoms with Crippen LogP contribution >= 0.6 is 0 Å². The summed E-state index contributed by atoms with van der Waals surface area (Å²) in [7, 11) is 0. The van der Waals surface area contributed by atoms with Crippen molar-refractivity contribution >= 4 is 17.6 Å². The zero-order valence-electron chi connectivity index (χ0n) is 13.7. The van der Waals surface area contributed by atoms with Gasteiger partial charge < -0.3 is 20.7 Å². The van der Waals surface area contributed by atoms with Crippen LogP contribution in [0.2, 0.25) is 0 Å². The van der Waals surface area contributed by atoms with E-state index in [-0.39, 0.29) is 24.0 Å². The van der Waals surface area contributed by atoms with Crippen molar-refractivity contribution in [3.05, 3.63) is 24.3 Å². The maximum atomic E-state index is 12.5. The van der Waals surface area contributed by atoms with Crippen molar-refractivity contribution in [1.82, 2.24) is 4.90 Å². The smallest absolute Gasteiger partial charge is 0.422 e.